The van der Waals surface area contributed by atoms with Crippen molar-refractivity contribution in [3.8, 4) is 0 Å². The van der Waals surface area contributed by atoms with Crippen molar-refractivity contribution in [3.05, 3.63) is 6.92 Å². The first-order chi connectivity index (χ1) is 7.10. The van der Waals surface area contributed by atoms with Crippen LogP contribution in [0.15, 0.2) is 0 Å². The number of carbonyl (C=O) groups excluding carboxylic acids is 1. The van der Waals surface area contributed by atoms with E-state index in [4.69, 9.17) is 28.5 Å². The molecule has 0 aromatic heterocycles. The Balaban J connectivity index is -0.000000201. The summed E-state index contributed by atoms with van der Waals surface area (Å²) in [6.07, 6.45) is 0.0390. The minimum atomic E-state index is -0.556. The van der Waals surface area contributed by atoms with Gasteiger partial charge in [0.2, 0.25) is 0 Å². The molecule has 0 saturated carbocycles. The Labute approximate surface area is 116 Å². The third-order valence-electron chi connectivity index (χ3n) is 0.624. The molecule has 0 aromatic rings. The molecule has 0 aliphatic rings. The summed E-state index contributed by atoms with van der Waals surface area (Å²) in [6, 6.07) is 0. The molecule has 0 spiro atoms. The summed E-state index contributed by atoms with van der Waals surface area (Å²) in [7, 11) is 9.78. The molecular weight excluding hydrogens is 287 g/mol. The Hall–Kier alpha value is 0.724. The summed E-state index contributed by atoms with van der Waals surface area (Å²) in [6.45, 7) is 12.3. The summed E-state index contributed by atoms with van der Waals surface area (Å²) in [5.41, 5.74) is -0.366. The van der Waals surface area contributed by atoms with Crippen molar-refractivity contribution < 1.29 is 31.7 Å². The van der Waals surface area contributed by atoms with Gasteiger partial charge in [-0.2, -0.15) is 0 Å². The fourth-order valence-corrected chi connectivity index (χ4v) is 0.393. The second-order valence-corrected chi connectivity index (χ2v) is 6.58. The molecule has 3 nitrogen and oxygen atoms in total. The van der Waals surface area contributed by atoms with E-state index in [0.717, 1.165) is 0 Å². The summed E-state index contributed by atoms with van der Waals surface area (Å²) in [4.78, 5) is 10.5. The normalized spacial score (nSPS) is 9.38. The third-order valence-corrected chi connectivity index (χ3v) is 0.624. The molecule has 0 radical (unpaired) electrons. The van der Waals surface area contributed by atoms with Crippen LogP contribution < -0.4 is 0 Å². The van der Waals surface area contributed by atoms with Gasteiger partial charge in [0.15, 0.2) is 0 Å². The number of carbonyl (C=O) groups is 1. The van der Waals surface area contributed by atoms with Crippen LogP contribution in [0.3, 0.4) is 0 Å². The fourth-order valence-electron chi connectivity index (χ4n) is 0.393. The molecule has 0 heterocycles. The number of ether oxygens (including phenoxy) is 1. The van der Waals surface area contributed by atoms with Gasteiger partial charge in [-0.3, -0.25) is 4.79 Å². The van der Waals surface area contributed by atoms with Gasteiger partial charge in [-0.1, -0.05) is 6.42 Å². The van der Waals surface area contributed by atoms with E-state index < -0.39 is 17.0 Å². The molecule has 6 heteroatoms. The van der Waals surface area contributed by atoms with Gasteiger partial charge in [0, 0.05) is 6.10 Å². The Bertz CT molecular complexity index is 156. The van der Waals surface area contributed by atoms with Crippen LogP contribution >= 0.6 is 18.6 Å². The topological polar surface area (TPSA) is 46.5 Å². The molecule has 0 bridgehead atoms. The van der Waals surface area contributed by atoms with E-state index in [0.29, 0.717) is 0 Å². The molecule has 0 atom stereocenters. The number of esters is 1. The number of aliphatic hydroxyl groups excluding tert-OH is 1. The molecule has 0 aromatic carbocycles. The van der Waals surface area contributed by atoms with Gasteiger partial charge in [-0.15, -0.1) is 0 Å². The van der Waals surface area contributed by atoms with Crippen molar-refractivity contribution in [2.45, 2.75) is 52.7 Å². The van der Waals surface area contributed by atoms with E-state index in [1.807, 2.05) is 20.8 Å². The SMILES string of the molecule is CC(C)O.[CH2-]CC(=O)OC(C)(C)C.[Cl][Ti][Cl]. The second-order valence-electron chi connectivity index (χ2n) is 4.00. The van der Waals surface area contributed by atoms with Crippen molar-refractivity contribution in [2.75, 3.05) is 0 Å². The molecule has 0 aliphatic heterocycles. The van der Waals surface area contributed by atoms with E-state index in [2.05, 4.69) is 6.92 Å². The first-order valence-electron chi connectivity index (χ1n) is 4.76. The minimum absolute atomic E-state index is 0.167. The summed E-state index contributed by atoms with van der Waals surface area (Å²) in [5, 5.41) is 8.06. The number of hydrogen-bond acceptors (Lipinski definition) is 3. The third kappa shape index (κ3) is 46.5. The van der Waals surface area contributed by atoms with E-state index >= 15 is 0 Å². The van der Waals surface area contributed by atoms with Crippen LogP contribution in [-0.2, 0) is 26.6 Å². The number of aliphatic hydroxyl groups is 1. The van der Waals surface area contributed by atoms with Crippen molar-refractivity contribution >= 4 is 24.6 Å². The fraction of sp³-hybridized carbons (Fsp3) is 0.800. The first-order valence-corrected chi connectivity index (χ1v) is 9.05. The van der Waals surface area contributed by atoms with E-state index in [9.17, 15) is 4.79 Å². The molecule has 0 aliphatic carbocycles. The standard InChI is InChI=1S/C7H13O2.C3H8O.2ClH.Ti/c1-5-6(8)9-7(2,3)4;1-3(2)4;;;/h1,5H2,2-4H3;3-4H,1-2H3;2*1H;/q-1;;;;+2/p-2. The average molecular weight is 308 g/mol. The van der Waals surface area contributed by atoms with Gasteiger partial charge in [-0.25, -0.2) is 0 Å². The van der Waals surface area contributed by atoms with Crippen LogP contribution in [0.4, 0.5) is 0 Å². The monoisotopic (exact) mass is 307 g/mol. The maximum absolute atomic E-state index is 10.5. The van der Waals surface area contributed by atoms with Crippen LogP contribution in [0.25, 0.3) is 0 Å². The Morgan fingerprint density at radius 2 is 1.69 bits per heavy atom. The molecule has 0 rings (SSSR count). The zero-order chi connectivity index (χ0) is 13.8. The van der Waals surface area contributed by atoms with Gasteiger partial charge in [-0.05, 0) is 34.6 Å². The Morgan fingerprint density at radius 3 is 1.75 bits per heavy atom. The van der Waals surface area contributed by atoms with Gasteiger partial charge < -0.3 is 16.8 Å². The van der Waals surface area contributed by atoms with Gasteiger partial charge in [0.25, 0.3) is 5.97 Å². The average Bonchev–Trinajstić information content (AvgIpc) is 2.01. The van der Waals surface area contributed by atoms with Crippen molar-refractivity contribution in [2.24, 2.45) is 0 Å². The maximum atomic E-state index is 10.5. The second kappa shape index (κ2) is 13.8. The molecule has 16 heavy (non-hydrogen) atoms. The zero-order valence-corrected chi connectivity index (χ0v) is 13.6. The first kappa shape index (κ1) is 22.0. The Kier molecular flexibility index (Phi) is 18.9. The van der Waals surface area contributed by atoms with E-state index in [1.165, 1.54) is 0 Å². The number of halogens is 2. The predicted molar refractivity (Wildman–Crippen MR) is 64.9 cm³/mol. The van der Waals surface area contributed by atoms with Crippen molar-refractivity contribution in [1.29, 1.82) is 0 Å². The van der Waals surface area contributed by atoms with E-state index in [-0.39, 0.29) is 24.1 Å². The molecule has 0 unspecified atom stereocenters. The molecule has 0 fully saturated rings. The van der Waals surface area contributed by atoms with Crippen molar-refractivity contribution in [1.82, 2.24) is 0 Å². The van der Waals surface area contributed by atoms with Crippen LogP contribution in [0.5, 0.6) is 0 Å². The molecule has 98 valence electrons. The molecule has 0 amide bonds. The van der Waals surface area contributed by atoms with Crippen LogP contribution in [0, 0.1) is 6.92 Å². The van der Waals surface area contributed by atoms with Gasteiger partial charge in [0.05, 0.1) is 0 Å². The molecule has 1 N–H and O–H groups in total. The zero-order valence-electron chi connectivity index (χ0n) is 10.5. The summed E-state index contributed by atoms with van der Waals surface area (Å²) < 4.78 is 4.89. The van der Waals surface area contributed by atoms with E-state index in [1.54, 1.807) is 13.8 Å². The van der Waals surface area contributed by atoms with Crippen molar-refractivity contribution in [3.63, 3.8) is 0 Å². The summed E-state index contributed by atoms with van der Waals surface area (Å²) >= 11 is -0.556. The summed E-state index contributed by atoms with van der Waals surface area (Å²) in [5.74, 6) is -0.248. The molecular formula is C10H21Cl2O3Ti-. The molecule has 0 saturated heterocycles. The van der Waals surface area contributed by atoms with Crippen LogP contribution in [0.2, 0.25) is 0 Å². The van der Waals surface area contributed by atoms with Gasteiger partial charge in [0.1, 0.15) is 5.60 Å². The quantitative estimate of drug-likeness (QED) is 0.459. The predicted octanol–water partition coefficient (Wildman–Crippen LogP) is 3.32. The Morgan fingerprint density at radius 1 is 1.44 bits per heavy atom. The van der Waals surface area contributed by atoms with Crippen LogP contribution in [0.1, 0.15) is 41.0 Å². The number of hydrogen-bond donors (Lipinski definition) is 1. The van der Waals surface area contributed by atoms with Gasteiger partial charge >= 0.3 is 35.6 Å². The number of rotatable bonds is 1. The van der Waals surface area contributed by atoms with Crippen LogP contribution in [-0.4, -0.2) is 22.8 Å².